The molecule has 1 aliphatic carbocycles. The second-order valence-electron chi connectivity index (χ2n) is 9.12. The number of nitrogens with zero attached hydrogens (tertiary/aromatic N) is 2. The maximum absolute atomic E-state index is 13.3. The number of benzene rings is 1. The van der Waals surface area contributed by atoms with Crippen molar-refractivity contribution < 1.29 is 14.4 Å². The Morgan fingerprint density at radius 2 is 1.86 bits per heavy atom. The van der Waals surface area contributed by atoms with Crippen LogP contribution in [-0.4, -0.2) is 59.3 Å². The zero-order chi connectivity index (χ0) is 25.2. The van der Waals surface area contributed by atoms with Crippen LogP contribution < -0.4 is 22.1 Å². The number of nitrogens with two attached hydrogens (primary N) is 2. The minimum absolute atomic E-state index is 0.00363. The molecule has 1 aliphatic rings. The van der Waals surface area contributed by atoms with Gasteiger partial charge < -0.3 is 27.0 Å². The van der Waals surface area contributed by atoms with E-state index in [1.165, 1.54) is 0 Å². The zero-order valence-electron chi connectivity index (χ0n) is 20.2. The third-order valence-corrected chi connectivity index (χ3v) is 6.47. The number of para-hydroxylation sites is 1. The van der Waals surface area contributed by atoms with Crippen LogP contribution in [0.3, 0.4) is 0 Å². The molecule has 1 fully saturated rings. The van der Waals surface area contributed by atoms with Gasteiger partial charge in [-0.25, -0.2) is 0 Å². The lowest BCUT2D eigenvalue weighted by molar-refractivity contribution is -0.135. The summed E-state index contributed by atoms with van der Waals surface area (Å²) in [4.78, 5) is 44.9. The van der Waals surface area contributed by atoms with Gasteiger partial charge in [-0.1, -0.05) is 37.5 Å². The van der Waals surface area contributed by atoms with Crippen molar-refractivity contribution in [2.45, 2.75) is 57.0 Å². The molecule has 9 heteroatoms. The summed E-state index contributed by atoms with van der Waals surface area (Å²) in [5.74, 6) is -1.06. The summed E-state index contributed by atoms with van der Waals surface area (Å²) < 4.78 is 0. The fourth-order valence-electron chi connectivity index (χ4n) is 4.60. The van der Waals surface area contributed by atoms with E-state index in [9.17, 15) is 14.4 Å². The molecule has 9 nitrogen and oxygen atoms in total. The van der Waals surface area contributed by atoms with Crippen LogP contribution in [0.2, 0.25) is 0 Å². The lowest BCUT2D eigenvalue weighted by atomic mass is 9.83. The molecular weight excluding hydrogens is 444 g/mol. The number of carbonyl (C=O) groups is 3. The highest BCUT2D eigenvalue weighted by Gasteiger charge is 2.33. The number of aromatic nitrogens is 1. The van der Waals surface area contributed by atoms with E-state index in [-0.39, 0.29) is 24.2 Å². The van der Waals surface area contributed by atoms with Crippen LogP contribution in [-0.2, 0) is 14.4 Å². The molecule has 3 rings (SSSR count). The van der Waals surface area contributed by atoms with Crippen molar-refractivity contribution in [1.29, 1.82) is 0 Å². The van der Waals surface area contributed by atoms with E-state index < -0.39 is 18.0 Å². The van der Waals surface area contributed by atoms with E-state index in [4.69, 9.17) is 11.5 Å². The molecule has 35 heavy (non-hydrogen) atoms. The van der Waals surface area contributed by atoms with Gasteiger partial charge in [-0.3, -0.25) is 19.4 Å². The van der Waals surface area contributed by atoms with Crippen LogP contribution in [0, 0.1) is 12.8 Å². The third-order valence-electron chi connectivity index (χ3n) is 6.47. The molecule has 2 atom stereocenters. The van der Waals surface area contributed by atoms with Crippen molar-refractivity contribution in [3.63, 3.8) is 0 Å². The highest BCUT2D eigenvalue weighted by molar-refractivity contribution is 5.99. The maximum atomic E-state index is 13.3. The number of amides is 3. The number of pyridine rings is 1. The van der Waals surface area contributed by atoms with E-state index in [0.717, 1.165) is 43.0 Å². The Bertz CT molecular complexity index is 1000. The molecule has 0 radical (unpaired) electrons. The number of nitrogens with one attached hydrogen (secondary N) is 2. The average molecular weight is 482 g/mol. The van der Waals surface area contributed by atoms with Crippen LogP contribution in [0.1, 0.15) is 44.9 Å². The average Bonchev–Trinajstić information content (AvgIpc) is 2.87. The Balaban J connectivity index is 1.69. The van der Waals surface area contributed by atoms with E-state index >= 15 is 0 Å². The first-order valence-corrected chi connectivity index (χ1v) is 12.4. The summed E-state index contributed by atoms with van der Waals surface area (Å²) in [6.45, 7) is 4.93. The summed E-state index contributed by atoms with van der Waals surface area (Å²) in [6.07, 6.45) is 6.81. The molecule has 1 saturated carbocycles. The number of carbonyl (C=O) groups excluding carboxylic acids is 3. The summed E-state index contributed by atoms with van der Waals surface area (Å²) in [6, 6.07) is 7.71. The van der Waals surface area contributed by atoms with Crippen molar-refractivity contribution >= 4 is 34.3 Å². The summed E-state index contributed by atoms with van der Waals surface area (Å²) >= 11 is 0. The molecule has 1 aromatic heterocycles. The zero-order valence-corrected chi connectivity index (χ0v) is 20.2. The Hall–Kier alpha value is -3.17. The predicted octanol–water partition coefficient (Wildman–Crippen LogP) is 1.97. The second kappa shape index (κ2) is 13.1. The van der Waals surface area contributed by atoms with Crippen molar-refractivity contribution in [2.24, 2.45) is 17.4 Å². The number of rotatable bonds is 11. The third kappa shape index (κ3) is 7.40. The largest absolute Gasteiger partial charge is 0.343 e. The van der Waals surface area contributed by atoms with Crippen LogP contribution in [0.25, 0.3) is 10.9 Å². The van der Waals surface area contributed by atoms with Gasteiger partial charge in [0.1, 0.15) is 12.5 Å². The highest BCUT2D eigenvalue weighted by atomic mass is 16.2. The first-order valence-electron chi connectivity index (χ1n) is 12.4. The van der Waals surface area contributed by atoms with E-state index in [0.29, 0.717) is 31.7 Å². The summed E-state index contributed by atoms with van der Waals surface area (Å²) in [5.41, 5.74) is 13.1. The molecule has 2 aromatic rings. The van der Waals surface area contributed by atoms with Gasteiger partial charge in [0, 0.05) is 18.5 Å². The van der Waals surface area contributed by atoms with Crippen molar-refractivity contribution in [3.8, 4) is 0 Å². The van der Waals surface area contributed by atoms with Gasteiger partial charge in [-0.05, 0) is 30.9 Å². The van der Waals surface area contributed by atoms with Crippen molar-refractivity contribution in [1.82, 2.24) is 15.2 Å². The fourth-order valence-corrected chi connectivity index (χ4v) is 4.60. The normalized spacial score (nSPS) is 15.8. The van der Waals surface area contributed by atoms with Gasteiger partial charge in [0.05, 0.1) is 43.3 Å². The number of hydrogen-bond acceptors (Lipinski definition) is 6. The second-order valence-corrected chi connectivity index (χ2v) is 9.12. The topological polar surface area (TPSA) is 143 Å². The first kappa shape index (κ1) is 26.4. The van der Waals surface area contributed by atoms with Crippen LogP contribution in [0.4, 0.5) is 5.69 Å². The molecule has 0 spiro atoms. The Kier molecular flexibility index (Phi) is 9.86. The van der Waals surface area contributed by atoms with Gasteiger partial charge in [-0.2, -0.15) is 0 Å². The van der Waals surface area contributed by atoms with Gasteiger partial charge in [0.25, 0.3) is 0 Å². The molecule has 2 unspecified atom stereocenters. The predicted molar refractivity (Wildman–Crippen MR) is 137 cm³/mol. The highest BCUT2D eigenvalue weighted by Crippen LogP contribution is 2.27. The minimum Gasteiger partial charge on any atom is -0.343 e. The SMILES string of the molecule is [CH2+]CCN(CCN)C(=O)CC(N)C(=O)NC(C(=O)Nc1cnc2ccccc2c1)C1CCCCC1. The molecule has 0 bridgehead atoms. The summed E-state index contributed by atoms with van der Waals surface area (Å²) in [5, 5.41) is 6.67. The van der Waals surface area contributed by atoms with E-state index in [1.807, 2.05) is 30.3 Å². The van der Waals surface area contributed by atoms with E-state index in [2.05, 4.69) is 22.5 Å². The van der Waals surface area contributed by atoms with Gasteiger partial charge in [0.15, 0.2) is 0 Å². The molecule has 0 aliphatic heterocycles. The maximum Gasteiger partial charge on any atom is 0.247 e. The molecule has 1 heterocycles. The monoisotopic (exact) mass is 481 g/mol. The lowest BCUT2D eigenvalue weighted by Gasteiger charge is -2.31. The molecular formula is C26H37N6O3+. The minimum atomic E-state index is -1.06. The quantitative estimate of drug-likeness (QED) is 0.361. The van der Waals surface area contributed by atoms with Crippen molar-refractivity contribution in [2.75, 3.05) is 25.0 Å². The van der Waals surface area contributed by atoms with Gasteiger partial charge in [0.2, 0.25) is 17.7 Å². The van der Waals surface area contributed by atoms with Gasteiger partial charge >= 0.3 is 0 Å². The Labute approximate surface area is 207 Å². The Morgan fingerprint density at radius 1 is 1.11 bits per heavy atom. The standard InChI is InChI=1S/C26H36N6O3/c1-2-13-32(14-12-27)23(33)16-21(28)25(34)31-24(18-8-4-3-5-9-18)26(35)30-20-15-19-10-6-7-11-22(19)29-17-20/h6-7,10-11,15,17-18,21,24H,1-5,8-9,12-14,16,27-28H2,(H-,30,31,34,35)/p+1. The number of fused-ring (bicyclic) bond motifs is 1. The molecule has 0 saturated heterocycles. The molecule has 3 amide bonds. The first-order chi connectivity index (χ1) is 16.9. The molecule has 1 aromatic carbocycles. The number of hydrogen-bond donors (Lipinski definition) is 4. The number of anilines is 1. The van der Waals surface area contributed by atoms with Crippen LogP contribution in [0.15, 0.2) is 36.5 Å². The van der Waals surface area contributed by atoms with E-state index in [1.54, 1.807) is 11.1 Å². The van der Waals surface area contributed by atoms with Gasteiger partial charge in [-0.15, -0.1) is 0 Å². The molecule has 6 N–H and O–H groups in total. The smallest absolute Gasteiger partial charge is 0.247 e. The fraction of sp³-hybridized carbons (Fsp3) is 0.500. The lowest BCUT2D eigenvalue weighted by Crippen LogP contribution is -2.54. The van der Waals surface area contributed by atoms with Crippen molar-refractivity contribution in [3.05, 3.63) is 43.5 Å². The van der Waals surface area contributed by atoms with Crippen LogP contribution in [0.5, 0.6) is 0 Å². The molecule has 188 valence electrons. The summed E-state index contributed by atoms with van der Waals surface area (Å²) in [7, 11) is 0. The van der Waals surface area contributed by atoms with Crippen LogP contribution >= 0.6 is 0 Å². The Morgan fingerprint density at radius 3 is 2.57 bits per heavy atom.